The van der Waals surface area contributed by atoms with E-state index in [0.29, 0.717) is 15.8 Å². The third kappa shape index (κ3) is 4.85. The van der Waals surface area contributed by atoms with Gasteiger partial charge in [-0.2, -0.15) is 0 Å². The van der Waals surface area contributed by atoms with Crippen LogP contribution < -0.4 is 11.1 Å². The van der Waals surface area contributed by atoms with Crippen LogP contribution in [0.25, 0.3) is 17.2 Å². The standard InChI is InChI=1S/C24H19N3O2S/c25-22(28)15-17-8-12-20(13-9-17)26-24-27-23(29)21(30-24)14-16-6-10-19(11-7-16)18-4-2-1-3-5-18/h1-14H,15H2,(H2,25,28)(H,26,27,29). The molecule has 1 aliphatic rings. The van der Waals surface area contributed by atoms with Crippen molar-refractivity contribution in [1.29, 1.82) is 0 Å². The van der Waals surface area contributed by atoms with Gasteiger partial charge in [-0.3, -0.25) is 9.59 Å². The van der Waals surface area contributed by atoms with Gasteiger partial charge in [0.1, 0.15) is 0 Å². The Morgan fingerprint density at radius 1 is 0.933 bits per heavy atom. The van der Waals surface area contributed by atoms with E-state index in [1.165, 1.54) is 11.8 Å². The molecule has 0 atom stereocenters. The number of amidine groups is 1. The number of rotatable bonds is 5. The molecule has 4 rings (SSSR count). The number of nitrogens with zero attached hydrogens (tertiary/aromatic N) is 1. The second-order valence-electron chi connectivity index (χ2n) is 6.78. The molecule has 0 unspecified atom stereocenters. The summed E-state index contributed by atoms with van der Waals surface area (Å²) in [7, 11) is 0. The molecule has 0 spiro atoms. The number of carbonyl (C=O) groups excluding carboxylic acids is 2. The Labute approximate surface area is 178 Å². The lowest BCUT2D eigenvalue weighted by atomic mass is 10.0. The van der Waals surface area contributed by atoms with E-state index in [9.17, 15) is 9.59 Å². The largest absolute Gasteiger partial charge is 0.369 e. The number of amides is 2. The van der Waals surface area contributed by atoms with Crippen molar-refractivity contribution in [2.24, 2.45) is 10.7 Å². The van der Waals surface area contributed by atoms with Crippen LogP contribution in [0, 0.1) is 0 Å². The summed E-state index contributed by atoms with van der Waals surface area (Å²) in [5.41, 5.74) is 9.95. The van der Waals surface area contributed by atoms with Gasteiger partial charge in [0.15, 0.2) is 5.17 Å². The number of benzene rings is 3. The molecule has 30 heavy (non-hydrogen) atoms. The zero-order valence-corrected chi connectivity index (χ0v) is 16.9. The van der Waals surface area contributed by atoms with Crippen molar-refractivity contribution in [2.45, 2.75) is 6.42 Å². The molecule has 2 amide bonds. The maximum absolute atomic E-state index is 12.3. The zero-order valence-electron chi connectivity index (χ0n) is 16.0. The summed E-state index contributed by atoms with van der Waals surface area (Å²) in [4.78, 5) is 28.3. The molecule has 3 aromatic rings. The first-order valence-electron chi connectivity index (χ1n) is 9.39. The molecule has 6 heteroatoms. The highest BCUT2D eigenvalue weighted by Gasteiger charge is 2.23. The fourth-order valence-electron chi connectivity index (χ4n) is 3.04. The second kappa shape index (κ2) is 8.80. The maximum Gasteiger partial charge on any atom is 0.264 e. The van der Waals surface area contributed by atoms with Crippen molar-refractivity contribution < 1.29 is 9.59 Å². The molecule has 0 aromatic heterocycles. The van der Waals surface area contributed by atoms with E-state index in [4.69, 9.17) is 5.73 Å². The van der Waals surface area contributed by atoms with Crippen molar-refractivity contribution in [3.63, 3.8) is 0 Å². The number of nitrogens with two attached hydrogens (primary N) is 1. The Balaban J connectivity index is 1.47. The highest BCUT2D eigenvalue weighted by molar-refractivity contribution is 8.18. The number of hydrogen-bond acceptors (Lipinski definition) is 4. The lowest BCUT2D eigenvalue weighted by Gasteiger charge is -2.02. The molecule has 3 N–H and O–H groups in total. The van der Waals surface area contributed by atoms with E-state index in [1.54, 1.807) is 24.3 Å². The molecule has 0 radical (unpaired) electrons. The van der Waals surface area contributed by atoms with Crippen molar-refractivity contribution in [3.8, 4) is 11.1 Å². The van der Waals surface area contributed by atoms with Crippen LogP contribution in [0.1, 0.15) is 11.1 Å². The zero-order chi connectivity index (χ0) is 20.9. The summed E-state index contributed by atoms with van der Waals surface area (Å²) in [6, 6.07) is 25.4. The molecular weight excluding hydrogens is 394 g/mol. The minimum atomic E-state index is -0.376. The summed E-state index contributed by atoms with van der Waals surface area (Å²) < 4.78 is 0. The Hall–Kier alpha value is -3.64. The molecule has 1 aliphatic heterocycles. The van der Waals surface area contributed by atoms with Gasteiger partial charge < -0.3 is 11.1 Å². The summed E-state index contributed by atoms with van der Waals surface area (Å²) in [5, 5.41) is 3.31. The summed E-state index contributed by atoms with van der Waals surface area (Å²) in [6.45, 7) is 0. The third-order valence-corrected chi connectivity index (χ3v) is 5.42. The molecule has 1 saturated heterocycles. The van der Waals surface area contributed by atoms with E-state index in [-0.39, 0.29) is 18.2 Å². The lowest BCUT2D eigenvalue weighted by molar-refractivity contribution is -0.117. The number of primary amides is 1. The predicted octanol–water partition coefficient (Wildman–Crippen LogP) is 4.27. The average Bonchev–Trinajstić information content (AvgIpc) is 3.09. The number of aliphatic imine (C=N–C) groups is 1. The second-order valence-corrected chi connectivity index (χ2v) is 7.81. The van der Waals surface area contributed by atoms with Crippen molar-refractivity contribution in [1.82, 2.24) is 5.32 Å². The summed E-state index contributed by atoms with van der Waals surface area (Å²) in [5.74, 6) is -0.546. The van der Waals surface area contributed by atoms with Gasteiger partial charge in [0, 0.05) is 0 Å². The van der Waals surface area contributed by atoms with Crippen LogP contribution >= 0.6 is 11.8 Å². The van der Waals surface area contributed by atoms with E-state index in [0.717, 1.165) is 22.3 Å². The van der Waals surface area contributed by atoms with Crippen LogP contribution in [-0.2, 0) is 16.0 Å². The molecule has 1 heterocycles. The van der Waals surface area contributed by atoms with Gasteiger partial charge in [0.05, 0.1) is 17.0 Å². The van der Waals surface area contributed by atoms with Crippen molar-refractivity contribution in [3.05, 3.63) is 94.9 Å². The third-order valence-electron chi connectivity index (χ3n) is 4.51. The Morgan fingerprint density at radius 3 is 2.27 bits per heavy atom. The Bertz CT molecular complexity index is 1140. The van der Waals surface area contributed by atoms with Crippen LogP contribution in [0.3, 0.4) is 0 Å². The Morgan fingerprint density at radius 2 is 1.60 bits per heavy atom. The SMILES string of the molecule is NC(=O)Cc1ccc(N=C2NC(=O)C(=Cc3ccc(-c4ccccc4)cc3)S2)cc1. The maximum atomic E-state index is 12.3. The fraction of sp³-hybridized carbons (Fsp3) is 0.0417. The number of nitrogens with one attached hydrogen (secondary N) is 1. The smallest absolute Gasteiger partial charge is 0.264 e. The fourth-order valence-corrected chi connectivity index (χ4v) is 3.88. The van der Waals surface area contributed by atoms with Gasteiger partial charge in [0.25, 0.3) is 5.91 Å². The molecule has 0 bridgehead atoms. The highest BCUT2D eigenvalue weighted by Crippen LogP contribution is 2.29. The minimum Gasteiger partial charge on any atom is -0.369 e. The Kier molecular flexibility index (Phi) is 5.77. The first-order chi connectivity index (χ1) is 14.6. The van der Waals surface area contributed by atoms with Crippen LogP contribution in [0.5, 0.6) is 0 Å². The van der Waals surface area contributed by atoms with Crippen molar-refractivity contribution >= 4 is 40.5 Å². The van der Waals surface area contributed by atoms with Crippen LogP contribution in [0.15, 0.2) is 88.8 Å². The predicted molar refractivity (Wildman–Crippen MR) is 122 cm³/mol. The number of thioether (sulfide) groups is 1. The molecule has 5 nitrogen and oxygen atoms in total. The number of carbonyl (C=O) groups is 2. The van der Waals surface area contributed by atoms with Gasteiger partial charge in [-0.1, -0.05) is 66.7 Å². The first-order valence-corrected chi connectivity index (χ1v) is 10.2. The van der Waals surface area contributed by atoms with Gasteiger partial charge in [-0.15, -0.1) is 0 Å². The lowest BCUT2D eigenvalue weighted by Crippen LogP contribution is -2.19. The van der Waals surface area contributed by atoms with Crippen LogP contribution in [0.2, 0.25) is 0 Å². The molecule has 0 saturated carbocycles. The average molecular weight is 414 g/mol. The highest BCUT2D eigenvalue weighted by atomic mass is 32.2. The van der Waals surface area contributed by atoms with Gasteiger partial charge in [-0.25, -0.2) is 4.99 Å². The monoisotopic (exact) mass is 413 g/mol. The van der Waals surface area contributed by atoms with Gasteiger partial charge in [0.2, 0.25) is 5.91 Å². The van der Waals surface area contributed by atoms with Gasteiger partial charge in [-0.05, 0) is 52.2 Å². The van der Waals surface area contributed by atoms with Gasteiger partial charge >= 0.3 is 0 Å². The normalized spacial score (nSPS) is 16.1. The van der Waals surface area contributed by atoms with Crippen LogP contribution in [-0.4, -0.2) is 17.0 Å². The van der Waals surface area contributed by atoms with Crippen LogP contribution in [0.4, 0.5) is 5.69 Å². The van der Waals surface area contributed by atoms with E-state index in [1.807, 2.05) is 48.5 Å². The topological polar surface area (TPSA) is 84.6 Å². The molecule has 0 aliphatic carbocycles. The molecule has 1 fully saturated rings. The summed E-state index contributed by atoms with van der Waals surface area (Å²) in [6.07, 6.45) is 2.05. The number of hydrogen-bond donors (Lipinski definition) is 2. The first kappa shape index (κ1) is 19.7. The molecule has 148 valence electrons. The summed E-state index contributed by atoms with van der Waals surface area (Å²) >= 11 is 1.30. The molecular formula is C24H19N3O2S. The van der Waals surface area contributed by atoms with E-state index in [2.05, 4.69) is 22.4 Å². The minimum absolute atomic E-state index is 0.170. The molecule has 3 aromatic carbocycles. The van der Waals surface area contributed by atoms with E-state index < -0.39 is 0 Å². The van der Waals surface area contributed by atoms with Crippen molar-refractivity contribution in [2.75, 3.05) is 0 Å². The van der Waals surface area contributed by atoms with E-state index >= 15 is 0 Å². The quantitative estimate of drug-likeness (QED) is 0.613.